The van der Waals surface area contributed by atoms with Gasteiger partial charge in [-0.05, 0) is 70.6 Å². The molecule has 1 aromatic heterocycles. The molecule has 32 heavy (non-hydrogen) atoms. The van der Waals surface area contributed by atoms with Crippen LogP contribution in [0.25, 0.3) is 0 Å². The van der Waals surface area contributed by atoms with Gasteiger partial charge in [0, 0.05) is 24.8 Å². The maximum absolute atomic E-state index is 12.9. The molecule has 2 aromatic rings. The van der Waals surface area contributed by atoms with Crippen LogP contribution in [-0.4, -0.2) is 64.4 Å². The zero-order valence-electron chi connectivity index (χ0n) is 19.5. The quantitative estimate of drug-likeness (QED) is 0.571. The van der Waals surface area contributed by atoms with Gasteiger partial charge in [-0.2, -0.15) is 0 Å². The Morgan fingerprint density at radius 1 is 1.16 bits per heavy atom. The van der Waals surface area contributed by atoms with Gasteiger partial charge in [-0.1, -0.05) is 13.8 Å². The van der Waals surface area contributed by atoms with Crippen LogP contribution in [0.3, 0.4) is 0 Å². The van der Waals surface area contributed by atoms with Crippen LogP contribution in [-0.2, 0) is 6.54 Å². The first-order chi connectivity index (χ1) is 15.5. The summed E-state index contributed by atoms with van der Waals surface area (Å²) in [6.45, 7) is 12.9. The Balaban J connectivity index is 1.65. The summed E-state index contributed by atoms with van der Waals surface area (Å²) in [4.78, 5) is 29.9. The SMILES string of the molecule is CCOc1ccc(N2CCn3c2nnc(C(=O)NC(C)CCCN(CC)CC)c3=O)cc1. The molecule has 1 aliphatic heterocycles. The first-order valence-electron chi connectivity index (χ1n) is 11.5. The number of anilines is 2. The summed E-state index contributed by atoms with van der Waals surface area (Å²) in [5.74, 6) is 0.771. The highest BCUT2D eigenvalue weighted by Gasteiger charge is 2.27. The molecule has 0 fully saturated rings. The van der Waals surface area contributed by atoms with E-state index in [2.05, 4.69) is 34.3 Å². The van der Waals surface area contributed by atoms with Gasteiger partial charge in [0.1, 0.15) is 5.75 Å². The Labute approximate surface area is 189 Å². The van der Waals surface area contributed by atoms with E-state index in [1.165, 1.54) is 4.57 Å². The van der Waals surface area contributed by atoms with Crippen molar-refractivity contribution in [1.82, 2.24) is 25.0 Å². The Kier molecular flexibility index (Phi) is 8.21. The molecule has 3 rings (SSSR count). The van der Waals surface area contributed by atoms with Crippen molar-refractivity contribution in [3.63, 3.8) is 0 Å². The maximum atomic E-state index is 12.9. The van der Waals surface area contributed by atoms with Crippen molar-refractivity contribution >= 4 is 17.5 Å². The van der Waals surface area contributed by atoms with Gasteiger partial charge in [-0.15, -0.1) is 10.2 Å². The third-order valence-corrected chi connectivity index (χ3v) is 5.78. The molecule has 0 saturated carbocycles. The summed E-state index contributed by atoms with van der Waals surface area (Å²) in [6.07, 6.45) is 1.82. The summed E-state index contributed by atoms with van der Waals surface area (Å²) < 4.78 is 7.00. The van der Waals surface area contributed by atoms with E-state index in [0.29, 0.717) is 25.6 Å². The second-order valence-electron chi connectivity index (χ2n) is 7.93. The number of fused-ring (bicyclic) bond motifs is 1. The number of hydrogen-bond donors (Lipinski definition) is 1. The van der Waals surface area contributed by atoms with E-state index in [4.69, 9.17) is 4.74 Å². The lowest BCUT2D eigenvalue weighted by atomic mass is 10.1. The fourth-order valence-corrected chi connectivity index (χ4v) is 3.91. The van der Waals surface area contributed by atoms with Crippen molar-refractivity contribution in [1.29, 1.82) is 0 Å². The summed E-state index contributed by atoms with van der Waals surface area (Å²) in [6, 6.07) is 7.57. The summed E-state index contributed by atoms with van der Waals surface area (Å²) in [5.41, 5.74) is 0.335. The van der Waals surface area contributed by atoms with Gasteiger partial charge in [-0.25, -0.2) is 0 Å². The zero-order valence-corrected chi connectivity index (χ0v) is 19.5. The van der Waals surface area contributed by atoms with Crippen LogP contribution in [0.15, 0.2) is 29.1 Å². The second kappa shape index (κ2) is 11.1. The van der Waals surface area contributed by atoms with Gasteiger partial charge in [0.05, 0.1) is 6.61 Å². The monoisotopic (exact) mass is 442 g/mol. The van der Waals surface area contributed by atoms with Crippen LogP contribution in [0.5, 0.6) is 5.75 Å². The highest BCUT2D eigenvalue weighted by molar-refractivity contribution is 5.92. The number of benzene rings is 1. The fraction of sp³-hybridized carbons (Fsp3) is 0.565. The van der Waals surface area contributed by atoms with Crippen LogP contribution >= 0.6 is 0 Å². The number of carbonyl (C=O) groups is 1. The number of carbonyl (C=O) groups excluding carboxylic acids is 1. The molecule has 1 amide bonds. The minimum atomic E-state index is -0.465. The van der Waals surface area contributed by atoms with E-state index in [1.807, 2.05) is 43.0 Å². The first kappa shape index (κ1) is 23.7. The molecular weight excluding hydrogens is 408 g/mol. The Bertz CT molecular complexity index is 955. The molecule has 1 unspecified atom stereocenters. The van der Waals surface area contributed by atoms with Crippen LogP contribution in [0.4, 0.5) is 11.6 Å². The predicted octanol–water partition coefficient (Wildman–Crippen LogP) is 2.43. The van der Waals surface area contributed by atoms with Crippen LogP contribution in [0, 0.1) is 0 Å². The van der Waals surface area contributed by atoms with E-state index in [1.54, 1.807) is 0 Å². The van der Waals surface area contributed by atoms with E-state index in [9.17, 15) is 9.59 Å². The zero-order chi connectivity index (χ0) is 23.1. The summed E-state index contributed by atoms with van der Waals surface area (Å²) in [5, 5.41) is 11.1. The molecular formula is C23H34N6O3. The van der Waals surface area contributed by atoms with Crippen molar-refractivity contribution < 1.29 is 9.53 Å². The molecule has 0 radical (unpaired) electrons. The van der Waals surface area contributed by atoms with Crippen molar-refractivity contribution in [3.8, 4) is 5.75 Å². The molecule has 1 aromatic carbocycles. The predicted molar refractivity (Wildman–Crippen MR) is 125 cm³/mol. The number of hydrogen-bond acceptors (Lipinski definition) is 7. The number of nitrogens with zero attached hydrogens (tertiary/aromatic N) is 5. The molecule has 1 aliphatic rings. The molecule has 0 spiro atoms. The normalized spacial score (nSPS) is 13.8. The van der Waals surface area contributed by atoms with Crippen LogP contribution in [0.2, 0.25) is 0 Å². The molecule has 0 aliphatic carbocycles. The van der Waals surface area contributed by atoms with E-state index >= 15 is 0 Å². The first-order valence-corrected chi connectivity index (χ1v) is 11.5. The van der Waals surface area contributed by atoms with Gasteiger partial charge in [-0.3, -0.25) is 14.2 Å². The van der Waals surface area contributed by atoms with Gasteiger partial charge >= 0.3 is 0 Å². The van der Waals surface area contributed by atoms with E-state index < -0.39 is 11.5 Å². The van der Waals surface area contributed by atoms with E-state index in [0.717, 1.165) is 43.9 Å². The molecule has 9 heteroatoms. The average molecular weight is 443 g/mol. The maximum Gasteiger partial charge on any atom is 0.286 e. The lowest BCUT2D eigenvalue weighted by molar-refractivity contribution is 0.0928. The number of rotatable bonds is 11. The van der Waals surface area contributed by atoms with Crippen molar-refractivity contribution in [3.05, 3.63) is 40.3 Å². The second-order valence-corrected chi connectivity index (χ2v) is 7.93. The smallest absolute Gasteiger partial charge is 0.286 e. The number of nitrogens with one attached hydrogen (secondary N) is 1. The van der Waals surface area contributed by atoms with E-state index in [-0.39, 0.29) is 11.7 Å². The number of amides is 1. The van der Waals surface area contributed by atoms with Crippen molar-refractivity contribution in [2.24, 2.45) is 0 Å². The van der Waals surface area contributed by atoms with Gasteiger partial charge < -0.3 is 19.9 Å². The molecule has 0 saturated heterocycles. The van der Waals surface area contributed by atoms with Gasteiger partial charge in [0.2, 0.25) is 11.6 Å². The number of aromatic nitrogens is 3. The number of ether oxygens (including phenoxy) is 1. The Hall–Kier alpha value is -2.94. The van der Waals surface area contributed by atoms with Gasteiger partial charge in [0.15, 0.2) is 0 Å². The van der Waals surface area contributed by atoms with Crippen molar-refractivity contribution in [2.75, 3.05) is 37.7 Å². The minimum absolute atomic E-state index is 0.0436. The molecule has 1 atom stereocenters. The molecule has 174 valence electrons. The molecule has 2 heterocycles. The average Bonchev–Trinajstić information content (AvgIpc) is 3.23. The summed E-state index contributed by atoms with van der Waals surface area (Å²) >= 11 is 0. The minimum Gasteiger partial charge on any atom is -0.494 e. The third-order valence-electron chi connectivity index (χ3n) is 5.78. The Morgan fingerprint density at radius 3 is 2.53 bits per heavy atom. The molecule has 0 bridgehead atoms. The summed E-state index contributed by atoms with van der Waals surface area (Å²) in [7, 11) is 0. The highest BCUT2D eigenvalue weighted by atomic mass is 16.5. The van der Waals surface area contributed by atoms with Crippen LogP contribution in [0.1, 0.15) is 51.0 Å². The van der Waals surface area contributed by atoms with Gasteiger partial charge in [0.25, 0.3) is 11.5 Å². The lowest BCUT2D eigenvalue weighted by Gasteiger charge is -2.19. The largest absolute Gasteiger partial charge is 0.494 e. The third kappa shape index (κ3) is 5.45. The fourth-order valence-electron chi connectivity index (χ4n) is 3.91. The van der Waals surface area contributed by atoms with Crippen molar-refractivity contribution in [2.45, 2.75) is 53.1 Å². The lowest BCUT2D eigenvalue weighted by Crippen LogP contribution is -2.39. The Morgan fingerprint density at radius 2 is 1.88 bits per heavy atom. The molecule has 1 N–H and O–H groups in total. The highest BCUT2D eigenvalue weighted by Crippen LogP contribution is 2.28. The standard InChI is InChI=1S/C23H34N6O3/c1-5-27(6-2)14-8-9-17(4)24-21(30)20-22(31)29-16-15-28(23(29)26-25-20)18-10-12-19(13-11-18)32-7-3/h10-13,17H,5-9,14-16H2,1-4H3,(H,24,30). The van der Waals surface area contributed by atoms with Crippen LogP contribution < -0.4 is 20.5 Å². The topological polar surface area (TPSA) is 92.6 Å². The molecule has 9 nitrogen and oxygen atoms in total.